The summed E-state index contributed by atoms with van der Waals surface area (Å²) in [6.45, 7) is -0.0512. The summed E-state index contributed by atoms with van der Waals surface area (Å²) in [4.78, 5) is 29.1. The summed E-state index contributed by atoms with van der Waals surface area (Å²) in [5, 5.41) is 4.62. The van der Waals surface area contributed by atoms with Gasteiger partial charge in [-0.2, -0.15) is 0 Å². The molecule has 0 spiro atoms. The first-order valence-electron chi connectivity index (χ1n) is 8.15. The van der Waals surface area contributed by atoms with Crippen molar-refractivity contribution in [1.82, 2.24) is 4.98 Å². The second kappa shape index (κ2) is 7.43. The predicted molar refractivity (Wildman–Crippen MR) is 102 cm³/mol. The molecule has 7 heteroatoms. The summed E-state index contributed by atoms with van der Waals surface area (Å²) in [5.41, 5.74) is 2.34. The van der Waals surface area contributed by atoms with E-state index in [1.807, 2.05) is 29.6 Å². The molecule has 1 amide bonds. The van der Waals surface area contributed by atoms with E-state index in [0.717, 1.165) is 5.52 Å². The first-order valence-corrected chi connectivity index (χ1v) is 9.03. The smallest absolute Gasteiger partial charge is 0.338 e. The van der Waals surface area contributed by atoms with Crippen molar-refractivity contribution in [2.24, 2.45) is 0 Å². The van der Waals surface area contributed by atoms with Crippen molar-refractivity contribution in [2.75, 3.05) is 5.32 Å². The maximum atomic E-state index is 12.2. The Bertz CT molecular complexity index is 1050. The van der Waals surface area contributed by atoms with Crippen molar-refractivity contribution in [3.8, 4) is 0 Å². The third-order valence-electron chi connectivity index (χ3n) is 3.79. The molecule has 6 nitrogen and oxygen atoms in total. The van der Waals surface area contributed by atoms with Crippen LogP contribution in [0.15, 0.2) is 70.5 Å². The Balaban J connectivity index is 1.36. The molecule has 2 heterocycles. The largest absolute Gasteiger partial charge is 0.452 e. The number of esters is 1. The molecule has 0 unspecified atom stereocenters. The van der Waals surface area contributed by atoms with Crippen LogP contribution in [-0.4, -0.2) is 16.9 Å². The number of hydrogen-bond donors (Lipinski definition) is 1. The highest BCUT2D eigenvalue weighted by atomic mass is 32.1. The number of anilines is 1. The number of para-hydroxylation sites is 2. The van der Waals surface area contributed by atoms with Crippen LogP contribution in [0.2, 0.25) is 0 Å². The number of aromatic nitrogens is 1. The molecule has 0 aliphatic heterocycles. The van der Waals surface area contributed by atoms with E-state index in [1.54, 1.807) is 36.4 Å². The average molecular weight is 378 g/mol. The molecule has 0 radical (unpaired) electrons. The highest BCUT2D eigenvalue weighted by Crippen LogP contribution is 2.17. The molecule has 4 rings (SSSR count). The Labute approximate surface area is 158 Å². The first-order chi connectivity index (χ1) is 13.2. The Kier molecular flexibility index (Phi) is 4.67. The van der Waals surface area contributed by atoms with Crippen molar-refractivity contribution < 1.29 is 18.7 Å². The van der Waals surface area contributed by atoms with Crippen LogP contribution in [0.1, 0.15) is 25.9 Å². The van der Waals surface area contributed by atoms with Crippen molar-refractivity contribution in [3.63, 3.8) is 0 Å². The van der Waals surface area contributed by atoms with E-state index in [2.05, 4.69) is 10.3 Å². The van der Waals surface area contributed by atoms with Gasteiger partial charge in [0.25, 0.3) is 5.91 Å². The number of benzene rings is 2. The fourth-order valence-corrected chi connectivity index (χ4v) is 3.10. The van der Waals surface area contributed by atoms with E-state index in [4.69, 9.17) is 9.15 Å². The fourth-order valence-electron chi connectivity index (χ4n) is 2.48. The van der Waals surface area contributed by atoms with Gasteiger partial charge >= 0.3 is 5.97 Å². The Morgan fingerprint density at radius 2 is 1.85 bits per heavy atom. The van der Waals surface area contributed by atoms with E-state index in [1.165, 1.54) is 11.3 Å². The van der Waals surface area contributed by atoms with Gasteiger partial charge in [-0.25, -0.2) is 9.78 Å². The number of hydrogen-bond acceptors (Lipinski definition) is 6. The van der Waals surface area contributed by atoms with E-state index in [0.29, 0.717) is 27.6 Å². The molecule has 2 aromatic carbocycles. The molecule has 4 aromatic rings. The summed E-state index contributed by atoms with van der Waals surface area (Å²) >= 11 is 1.36. The van der Waals surface area contributed by atoms with Crippen LogP contribution < -0.4 is 5.32 Å². The van der Waals surface area contributed by atoms with Crippen LogP contribution in [0.25, 0.3) is 11.1 Å². The number of thiophene rings is 1. The molecule has 134 valence electrons. The topological polar surface area (TPSA) is 81.4 Å². The number of oxazole rings is 1. The quantitative estimate of drug-likeness (QED) is 0.517. The molecular weight excluding hydrogens is 364 g/mol. The second-order valence-corrected chi connectivity index (χ2v) is 6.61. The van der Waals surface area contributed by atoms with E-state index in [-0.39, 0.29) is 12.5 Å². The molecular formula is C20H14N2O4S. The number of carbonyl (C=O) groups excluding carboxylic acids is 2. The van der Waals surface area contributed by atoms with Gasteiger partial charge in [0, 0.05) is 5.69 Å². The molecule has 1 N–H and O–H groups in total. The zero-order chi connectivity index (χ0) is 18.6. The van der Waals surface area contributed by atoms with Crippen molar-refractivity contribution >= 4 is 40.0 Å². The molecule has 27 heavy (non-hydrogen) atoms. The summed E-state index contributed by atoms with van der Waals surface area (Å²) in [6, 6.07) is 17.4. The lowest BCUT2D eigenvalue weighted by molar-refractivity contribution is 0.0440. The number of ether oxygens (including phenoxy) is 1. The number of nitrogens with one attached hydrogen (secondary N) is 1. The Hall–Kier alpha value is -3.45. The SMILES string of the molecule is O=C(OCc1nc2ccccc2o1)c1ccc(NC(=O)c2cccs2)cc1. The molecule has 0 bridgehead atoms. The lowest BCUT2D eigenvalue weighted by atomic mass is 10.2. The van der Waals surface area contributed by atoms with Gasteiger partial charge in [-0.3, -0.25) is 4.79 Å². The summed E-state index contributed by atoms with van der Waals surface area (Å²) < 4.78 is 10.8. The van der Waals surface area contributed by atoms with E-state index >= 15 is 0 Å². The van der Waals surface area contributed by atoms with Gasteiger partial charge in [0.1, 0.15) is 5.52 Å². The van der Waals surface area contributed by atoms with Crippen LogP contribution in [0, 0.1) is 0 Å². The lowest BCUT2D eigenvalue weighted by Gasteiger charge is -2.05. The number of nitrogens with zero attached hydrogens (tertiary/aromatic N) is 1. The van der Waals surface area contributed by atoms with Crippen LogP contribution in [0.3, 0.4) is 0 Å². The molecule has 0 saturated heterocycles. The van der Waals surface area contributed by atoms with Crippen molar-refractivity contribution in [3.05, 3.63) is 82.4 Å². The minimum absolute atomic E-state index is 0.0512. The van der Waals surface area contributed by atoms with Crippen molar-refractivity contribution in [1.29, 1.82) is 0 Å². The number of amides is 1. The first kappa shape index (κ1) is 17.0. The van der Waals surface area contributed by atoms with Gasteiger partial charge in [0.2, 0.25) is 5.89 Å². The van der Waals surface area contributed by atoms with Gasteiger partial charge in [0.15, 0.2) is 12.2 Å². The third-order valence-corrected chi connectivity index (χ3v) is 4.66. The summed E-state index contributed by atoms with van der Waals surface area (Å²) in [7, 11) is 0. The van der Waals surface area contributed by atoms with Gasteiger partial charge in [-0.1, -0.05) is 18.2 Å². The minimum Gasteiger partial charge on any atom is -0.452 e. The zero-order valence-electron chi connectivity index (χ0n) is 14.0. The van der Waals surface area contributed by atoms with Gasteiger partial charge in [-0.05, 0) is 47.8 Å². The summed E-state index contributed by atoms with van der Waals surface area (Å²) in [6.07, 6.45) is 0. The number of carbonyl (C=O) groups is 2. The van der Waals surface area contributed by atoms with Gasteiger partial charge < -0.3 is 14.5 Å². The van der Waals surface area contributed by atoms with Gasteiger partial charge in [-0.15, -0.1) is 11.3 Å². The van der Waals surface area contributed by atoms with E-state index < -0.39 is 5.97 Å². The fraction of sp³-hybridized carbons (Fsp3) is 0.0500. The number of rotatable bonds is 5. The monoisotopic (exact) mass is 378 g/mol. The number of fused-ring (bicyclic) bond motifs is 1. The maximum absolute atomic E-state index is 12.2. The third kappa shape index (κ3) is 3.88. The Morgan fingerprint density at radius 1 is 1.04 bits per heavy atom. The lowest BCUT2D eigenvalue weighted by Crippen LogP contribution is -2.10. The highest BCUT2D eigenvalue weighted by Gasteiger charge is 2.12. The minimum atomic E-state index is -0.492. The molecule has 2 aromatic heterocycles. The molecule has 0 fully saturated rings. The normalized spacial score (nSPS) is 10.7. The van der Waals surface area contributed by atoms with E-state index in [9.17, 15) is 9.59 Å². The predicted octanol–water partition coefficient (Wildman–Crippen LogP) is 4.50. The molecule has 0 saturated carbocycles. The van der Waals surface area contributed by atoms with Crippen molar-refractivity contribution in [2.45, 2.75) is 6.61 Å². The van der Waals surface area contributed by atoms with Crippen LogP contribution in [0.4, 0.5) is 5.69 Å². The molecule has 0 aliphatic carbocycles. The highest BCUT2D eigenvalue weighted by molar-refractivity contribution is 7.12. The standard InChI is InChI=1S/C20H14N2O4S/c23-19(17-6-3-11-27-17)21-14-9-7-13(8-10-14)20(24)25-12-18-22-15-4-1-2-5-16(15)26-18/h1-11H,12H2,(H,21,23). The molecule has 0 aliphatic rings. The van der Waals surface area contributed by atoms with Crippen LogP contribution >= 0.6 is 11.3 Å². The maximum Gasteiger partial charge on any atom is 0.338 e. The Morgan fingerprint density at radius 3 is 2.59 bits per heavy atom. The molecule has 0 atom stereocenters. The van der Waals surface area contributed by atoms with Gasteiger partial charge in [0.05, 0.1) is 10.4 Å². The summed E-state index contributed by atoms with van der Waals surface area (Å²) in [5.74, 6) is -0.339. The average Bonchev–Trinajstić information content (AvgIpc) is 3.36. The second-order valence-electron chi connectivity index (χ2n) is 5.66. The zero-order valence-corrected chi connectivity index (χ0v) is 14.9. The van der Waals surface area contributed by atoms with Crippen LogP contribution in [0.5, 0.6) is 0 Å². The van der Waals surface area contributed by atoms with Crippen LogP contribution in [-0.2, 0) is 11.3 Å².